The molecule has 0 aliphatic carbocycles. The van der Waals surface area contributed by atoms with Gasteiger partial charge < -0.3 is 9.15 Å². The summed E-state index contributed by atoms with van der Waals surface area (Å²) in [6, 6.07) is 10.8. The third-order valence-corrected chi connectivity index (χ3v) is 6.88. The maximum Gasteiger partial charge on any atom is 0.416 e. The Morgan fingerprint density at radius 1 is 1.03 bits per heavy atom. The molecule has 0 aliphatic rings. The molecule has 0 saturated carbocycles. The minimum absolute atomic E-state index is 0.0191. The summed E-state index contributed by atoms with van der Waals surface area (Å²) in [5.41, 5.74) is 0.336. The van der Waals surface area contributed by atoms with Crippen LogP contribution >= 0.6 is 0 Å². The molecule has 0 unspecified atom stereocenters. The molecule has 0 fully saturated rings. The number of hydrogen-bond acceptors (Lipinski definition) is 7. The molecule has 0 amide bonds. The number of benzene rings is 2. The van der Waals surface area contributed by atoms with Crippen LogP contribution in [0.4, 0.5) is 13.2 Å². The zero-order valence-electron chi connectivity index (χ0n) is 18.8. The van der Waals surface area contributed by atoms with Crippen molar-refractivity contribution in [1.29, 1.82) is 0 Å². The lowest BCUT2D eigenvalue weighted by Gasteiger charge is -2.07. The van der Waals surface area contributed by atoms with E-state index < -0.39 is 21.6 Å². The average molecular weight is 519 g/mol. The number of nitrogens with zero attached hydrogens (tertiary/aromatic N) is 4. The van der Waals surface area contributed by atoms with Crippen LogP contribution in [0.5, 0.6) is 5.75 Å². The van der Waals surface area contributed by atoms with E-state index in [1.54, 1.807) is 29.1 Å². The number of hydrogen-bond donors (Lipinski definition) is 0. The molecular formula is C24H21F3N4O4S. The summed E-state index contributed by atoms with van der Waals surface area (Å²) in [5, 5.41) is 7.49. The number of alkyl halides is 3. The first-order chi connectivity index (χ1) is 17.2. The zero-order chi connectivity index (χ0) is 25.6. The third-order valence-electron chi connectivity index (χ3n) is 5.07. The van der Waals surface area contributed by atoms with Crippen molar-refractivity contribution in [3.8, 4) is 5.75 Å². The number of aromatic nitrogens is 4. The van der Waals surface area contributed by atoms with Gasteiger partial charge in [-0.15, -0.1) is 5.10 Å². The first-order valence-electron chi connectivity index (χ1n) is 10.8. The van der Waals surface area contributed by atoms with E-state index in [0.29, 0.717) is 30.0 Å². The number of rotatable bonds is 10. The van der Waals surface area contributed by atoms with Crippen LogP contribution < -0.4 is 4.74 Å². The van der Waals surface area contributed by atoms with Gasteiger partial charge in [0.15, 0.2) is 9.84 Å². The lowest BCUT2D eigenvalue weighted by Crippen LogP contribution is -2.10. The summed E-state index contributed by atoms with van der Waals surface area (Å²) >= 11 is 0. The van der Waals surface area contributed by atoms with Crippen molar-refractivity contribution in [2.24, 2.45) is 0 Å². The number of oxazole rings is 1. The summed E-state index contributed by atoms with van der Waals surface area (Å²) in [5.74, 6) is 0.705. The van der Waals surface area contributed by atoms with E-state index in [1.165, 1.54) is 42.8 Å². The second-order valence-electron chi connectivity index (χ2n) is 7.73. The van der Waals surface area contributed by atoms with Crippen molar-refractivity contribution in [1.82, 2.24) is 20.0 Å². The smallest absolute Gasteiger partial charge is 0.416 e. The molecule has 12 heteroatoms. The molecule has 188 valence electrons. The van der Waals surface area contributed by atoms with Crippen LogP contribution in [0.25, 0.3) is 12.2 Å². The highest BCUT2D eigenvalue weighted by Gasteiger charge is 2.29. The highest BCUT2D eigenvalue weighted by atomic mass is 32.2. The molecule has 8 nitrogen and oxygen atoms in total. The van der Waals surface area contributed by atoms with Gasteiger partial charge in [0.05, 0.1) is 22.4 Å². The molecule has 0 aliphatic heterocycles. The van der Waals surface area contributed by atoms with Gasteiger partial charge in [-0.1, -0.05) is 17.3 Å². The largest absolute Gasteiger partial charge is 0.487 e. The summed E-state index contributed by atoms with van der Waals surface area (Å²) in [6.07, 6.45) is 3.76. The van der Waals surface area contributed by atoms with E-state index in [4.69, 9.17) is 9.15 Å². The van der Waals surface area contributed by atoms with Crippen LogP contribution in [0.1, 0.15) is 29.1 Å². The summed E-state index contributed by atoms with van der Waals surface area (Å²) in [7, 11) is -3.44. The molecule has 36 heavy (non-hydrogen) atoms. The van der Waals surface area contributed by atoms with Gasteiger partial charge in [-0.05, 0) is 54.5 Å². The molecule has 4 rings (SSSR count). The number of sulfone groups is 1. The molecule has 4 aromatic rings. The van der Waals surface area contributed by atoms with Crippen LogP contribution in [-0.4, -0.2) is 34.1 Å². The van der Waals surface area contributed by atoms with E-state index in [0.717, 1.165) is 12.1 Å². The van der Waals surface area contributed by atoms with Crippen molar-refractivity contribution in [3.05, 3.63) is 89.9 Å². The average Bonchev–Trinajstić information content (AvgIpc) is 3.54. The van der Waals surface area contributed by atoms with Crippen LogP contribution in [0.15, 0.2) is 76.5 Å². The molecule has 0 N–H and O–H groups in total. The van der Waals surface area contributed by atoms with Gasteiger partial charge in [0.1, 0.15) is 24.3 Å². The maximum atomic E-state index is 12.6. The van der Waals surface area contributed by atoms with E-state index in [1.807, 2.05) is 0 Å². The predicted molar refractivity (Wildman–Crippen MR) is 124 cm³/mol. The zero-order valence-corrected chi connectivity index (χ0v) is 19.6. The summed E-state index contributed by atoms with van der Waals surface area (Å²) in [6.45, 7) is 0.543. The lowest BCUT2D eigenvalue weighted by atomic mass is 10.1. The fourth-order valence-electron chi connectivity index (χ4n) is 3.20. The SMILES string of the molecule is O=S(=O)(CCCn1ccnn1)c1ccc(OCc2coc(/C=C/c3ccc(C(F)(F)F)cc3)n2)cc1. The predicted octanol–water partition coefficient (Wildman–Crippen LogP) is 4.90. The first-order valence-corrected chi connectivity index (χ1v) is 12.4. The monoisotopic (exact) mass is 518 g/mol. The second-order valence-corrected chi connectivity index (χ2v) is 9.84. The van der Waals surface area contributed by atoms with Crippen molar-refractivity contribution >= 4 is 22.0 Å². The van der Waals surface area contributed by atoms with Crippen molar-refractivity contribution in [2.45, 2.75) is 30.6 Å². The summed E-state index contributed by atoms with van der Waals surface area (Å²) < 4.78 is 75.5. The van der Waals surface area contributed by atoms with E-state index in [9.17, 15) is 21.6 Å². The first kappa shape index (κ1) is 25.2. The minimum atomic E-state index is -4.38. The van der Waals surface area contributed by atoms with E-state index in [-0.39, 0.29) is 23.1 Å². The van der Waals surface area contributed by atoms with Gasteiger partial charge in [-0.25, -0.2) is 13.4 Å². The van der Waals surface area contributed by atoms with Gasteiger partial charge in [0.25, 0.3) is 0 Å². The Balaban J connectivity index is 1.27. The summed E-state index contributed by atoms with van der Waals surface area (Å²) in [4.78, 5) is 4.44. The van der Waals surface area contributed by atoms with Gasteiger partial charge in [-0.3, -0.25) is 4.68 Å². The van der Waals surface area contributed by atoms with Crippen LogP contribution in [0.3, 0.4) is 0 Å². The molecule has 2 heterocycles. The minimum Gasteiger partial charge on any atom is -0.487 e. The normalized spacial score (nSPS) is 12.3. The van der Waals surface area contributed by atoms with Gasteiger partial charge in [0, 0.05) is 18.8 Å². The second kappa shape index (κ2) is 10.8. The fourth-order valence-corrected chi connectivity index (χ4v) is 4.50. The number of ether oxygens (including phenoxy) is 1. The Hall–Kier alpha value is -3.93. The molecule has 2 aromatic carbocycles. The Morgan fingerprint density at radius 3 is 2.44 bits per heavy atom. The highest BCUT2D eigenvalue weighted by molar-refractivity contribution is 7.91. The molecule has 0 saturated heterocycles. The Labute approximate surface area is 205 Å². The molecule has 0 radical (unpaired) electrons. The molecular weight excluding hydrogens is 497 g/mol. The third kappa shape index (κ3) is 6.81. The lowest BCUT2D eigenvalue weighted by molar-refractivity contribution is -0.137. The topological polar surface area (TPSA) is 100 Å². The molecule has 2 aromatic heterocycles. The van der Waals surface area contributed by atoms with Crippen molar-refractivity contribution in [3.63, 3.8) is 0 Å². The van der Waals surface area contributed by atoms with Crippen molar-refractivity contribution < 1.29 is 30.7 Å². The van der Waals surface area contributed by atoms with Gasteiger partial charge >= 0.3 is 6.18 Å². The molecule has 0 atom stereocenters. The van der Waals surface area contributed by atoms with E-state index in [2.05, 4.69) is 15.3 Å². The van der Waals surface area contributed by atoms with Crippen LogP contribution in [0, 0.1) is 0 Å². The molecule has 0 bridgehead atoms. The Kier molecular flexibility index (Phi) is 7.53. The van der Waals surface area contributed by atoms with Crippen molar-refractivity contribution in [2.75, 3.05) is 5.75 Å². The number of aryl methyl sites for hydroxylation is 1. The van der Waals surface area contributed by atoms with Crippen LogP contribution in [-0.2, 0) is 29.2 Å². The maximum absolute atomic E-state index is 12.6. The highest BCUT2D eigenvalue weighted by Crippen LogP contribution is 2.29. The van der Waals surface area contributed by atoms with E-state index >= 15 is 0 Å². The van der Waals surface area contributed by atoms with Gasteiger partial charge in [0.2, 0.25) is 5.89 Å². The standard InChI is InChI=1S/C24H21F3N4O4S/c25-24(26,27)19-5-2-18(3-6-19)4-11-23-29-20(17-35-23)16-34-21-7-9-22(10-8-21)36(32,33)15-1-13-31-14-12-28-30-31/h2-12,14,17H,1,13,15-16H2/b11-4+. The number of halogens is 3. The molecule has 0 spiro atoms. The van der Waals surface area contributed by atoms with Crippen LogP contribution in [0.2, 0.25) is 0 Å². The fraction of sp³-hybridized carbons (Fsp3) is 0.208. The quantitative estimate of drug-likeness (QED) is 0.294. The Morgan fingerprint density at radius 2 is 1.78 bits per heavy atom. The van der Waals surface area contributed by atoms with Gasteiger partial charge in [-0.2, -0.15) is 13.2 Å². The Bertz CT molecular complexity index is 1400.